The van der Waals surface area contributed by atoms with Crippen molar-refractivity contribution in [2.45, 2.75) is 25.9 Å². The summed E-state index contributed by atoms with van der Waals surface area (Å²) in [7, 11) is 1.52. The van der Waals surface area contributed by atoms with Crippen LogP contribution in [0.2, 0.25) is 0 Å². The van der Waals surface area contributed by atoms with Gasteiger partial charge in [-0.25, -0.2) is 0 Å². The molecular formula is C11H25N3O3S. The summed E-state index contributed by atoms with van der Waals surface area (Å²) in [4.78, 5) is 2.30. The molecule has 1 heterocycles. The maximum Gasteiger partial charge on any atom is 0.281 e. The first-order valence-corrected chi connectivity index (χ1v) is 7.62. The molecule has 0 radical (unpaired) electrons. The Morgan fingerprint density at radius 1 is 1.22 bits per heavy atom. The third kappa shape index (κ3) is 3.42. The molecule has 1 aliphatic rings. The smallest absolute Gasteiger partial charge is 0.281 e. The van der Waals surface area contributed by atoms with Gasteiger partial charge in [0.15, 0.2) is 0 Å². The van der Waals surface area contributed by atoms with Crippen molar-refractivity contribution in [3.05, 3.63) is 0 Å². The molecule has 2 atom stereocenters. The Bertz CT molecular complexity index is 347. The van der Waals surface area contributed by atoms with Crippen LogP contribution in [0.3, 0.4) is 0 Å². The molecule has 0 aliphatic carbocycles. The van der Waals surface area contributed by atoms with E-state index in [2.05, 4.69) is 18.7 Å². The molecule has 0 aromatic rings. The molecule has 108 valence electrons. The number of hydrogen-bond donors (Lipinski definition) is 0. The summed E-state index contributed by atoms with van der Waals surface area (Å²) >= 11 is 0. The van der Waals surface area contributed by atoms with E-state index in [0.717, 1.165) is 6.54 Å². The van der Waals surface area contributed by atoms with Crippen LogP contribution in [-0.2, 0) is 14.9 Å². The summed E-state index contributed by atoms with van der Waals surface area (Å²) < 4.78 is 32.1. The van der Waals surface area contributed by atoms with Crippen LogP contribution in [0, 0.1) is 0 Å². The molecular weight excluding hydrogens is 254 g/mol. The van der Waals surface area contributed by atoms with E-state index in [9.17, 15) is 8.42 Å². The number of nitrogens with zero attached hydrogens (tertiary/aromatic N) is 3. The average molecular weight is 279 g/mol. The summed E-state index contributed by atoms with van der Waals surface area (Å²) in [6, 6.07) is 0.414. The summed E-state index contributed by atoms with van der Waals surface area (Å²) in [5.74, 6) is 0. The lowest BCUT2D eigenvalue weighted by Crippen LogP contribution is -2.60. The van der Waals surface area contributed by atoms with Crippen LogP contribution < -0.4 is 0 Å². The van der Waals surface area contributed by atoms with Gasteiger partial charge in [0.2, 0.25) is 0 Å². The molecule has 1 rings (SSSR count). The molecule has 7 heteroatoms. The zero-order valence-corrected chi connectivity index (χ0v) is 12.8. The first-order valence-electron chi connectivity index (χ1n) is 6.23. The summed E-state index contributed by atoms with van der Waals surface area (Å²) in [5.41, 5.74) is 0. The van der Waals surface area contributed by atoms with E-state index in [4.69, 9.17) is 4.74 Å². The Morgan fingerprint density at radius 3 is 2.11 bits per heavy atom. The van der Waals surface area contributed by atoms with E-state index in [1.807, 2.05) is 0 Å². The van der Waals surface area contributed by atoms with Crippen molar-refractivity contribution in [3.63, 3.8) is 0 Å². The molecule has 0 aromatic carbocycles. The molecule has 0 N–H and O–H groups in total. The Hall–Kier alpha value is -0.210. The van der Waals surface area contributed by atoms with Gasteiger partial charge in [-0.15, -0.1) is 0 Å². The minimum absolute atomic E-state index is 0.207. The Labute approximate surface area is 111 Å². The fraction of sp³-hybridized carbons (Fsp3) is 1.00. The number of methoxy groups -OCH3 is 1. The highest BCUT2D eigenvalue weighted by Gasteiger charge is 2.35. The van der Waals surface area contributed by atoms with Crippen molar-refractivity contribution >= 4 is 10.2 Å². The van der Waals surface area contributed by atoms with Gasteiger partial charge < -0.3 is 4.74 Å². The normalized spacial score (nSPS) is 27.9. The van der Waals surface area contributed by atoms with Crippen molar-refractivity contribution in [2.24, 2.45) is 0 Å². The molecule has 1 aliphatic heterocycles. The van der Waals surface area contributed by atoms with Crippen molar-refractivity contribution < 1.29 is 13.2 Å². The van der Waals surface area contributed by atoms with Crippen molar-refractivity contribution in [2.75, 3.05) is 47.4 Å². The van der Waals surface area contributed by atoms with Gasteiger partial charge in [-0.05, 0) is 13.8 Å². The van der Waals surface area contributed by atoms with Crippen LogP contribution in [0.25, 0.3) is 0 Å². The first-order chi connectivity index (χ1) is 8.30. The van der Waals surface area contributed by atoms with Gasteiger partial charge in [0.1, 0.15) is 0 Å². The standard InChI is InChI=1S/C11H25N3O3S/c1-10-8-13(18(15,16)12(3)4)9-11(2)14(10)6-7-17-5/h10-11H,6-9H2,1-5H3. The third-order valence-electron chi connectivity index (χ3n) is 3.41. The monoisotopic (exact) mass is 279 g/mol. The number of rotatable bonds is 5. The molecule has 1 saturated heterocycles. The van der Waals surface area contributed by atoms with E-state index in [1.54, 1.807) is 25.5 Å². The second-order valence-corrected chi connectivity index (χ2v) is 7.18. The van der Waals surface area contributed by atoms with Gasteiger partial charge in [0, 0.05) is 52.9 Å². The van der Waals surface area contributed by atoms with Crippen molar-refractivity contribution in [1.29, 1.82) is 0 Å². The largest absolute Gasteiger partial charge is 0.383 e. The highest BCUT2D eigenvalue weighted by atomic mass is 32.2. The van der Waals surface area contributed by atoms with Crippen molar-refractivity contribution in [1.82, 2.24) is 13.5 Å². The molecule has 0 aromatic heterocycles. The van der Waals surface area contributed by atoms with Gasteiger partial charge in [0.25, 0.3) is 10.2 Å². The second-order valence-electron chi connectivity index (χ2n) is 5.04. The van der Waals surface area contributed by atoms with Crippen LogP contribution in [0.1, 0.15) is 13.8 Å². The maximum absolute atomic E-state index is 12.1. The van der Waals surface area contributed by atoms with Crippen LogP contribution in [0.4, 0.5) is 0 Å². The van der Waals surface area contributed by atoms with Crippen LogP contribution >= 0.6 is 0 Å². The zero-order valence-electron chi connectivity index (χ0n) is 12.0. The average Bonchev–Trinajstić information content (AvgIpc) is 2.27. The predicted molar refractivity (Wildman–Crippen MR) is 71.7 cm³/mol. The summed E-state index contributed by atoms with van der Waals surface area (Å²) in [5, 5.41) is 0. The molecule has 6 nitrogen and oxygen atoms in total. The van der Waals surface area contributed by atoms with Gasteiger partial charge in [-0.1, -0.05) is 0 Å². The zero-order chi connectivity index (χ0) is 13.9. The lowest BCUT2D eigenvalue weighted by atomic mass is 10.1. The Morgan fingerprint density at radius 2 is 1.72 bits per heavy atom. The molecule has 0 amide bonds. The van der Waals surface area contributed by atoms with E-state index in [1.165, 1.54) is 4.31 Å². The quantitative estimate of drug-likeness (QED) is 0.701. The van der Waals surface area contributed by atoms with E-state index >= 15 is 0 Å². The van der Waals surface area contributed by atoms with E-state index in [0.29, 0.717) is 19.7 Å². The molecule has 0 spiro atoms. The Kier molecular flexibility index (Phi) is 5.54. The number of hydrogen-bond acceptors (Lipinski definition) is 4. The number of ether oxygens (including phenoxy) is 1. The van der Waals surface area contributed by atoms with Gasteiger partial charge in [-0.3, -0.25) is 4.90 Å². The fourth-order valence-electron chi connectivity index (χ4n) is 2.36. The second kappa shape index (κ2) is 6.29. The van der Waals surface area contributed by atoms with Crippen LogP contribution in [-0.4, -0.2) is 81.5 Å². The first kappa shape index (κ1) is 15.8. The molecule has 18 heavy (non-hydrogen) atoms. The highest BCUT2D eigenvalue weighted by Crippen LogP contribution is 2.19. The van der Waals surface area contributed by atoms with Crippen molar-refractivity contribution in [3.8, 4) is 0 Å². The van der Waals surface area contributed by atoms with E-state index < -0.39 is 10.2 Å². The highest BCUT2D eigenvalue weighted by molar-refractivity contribution is 7.86. The van der Waals surface area contributed by atoms with Gasteiger partial charge >= 0.3 is 0 Å². The summed E-state index contributed by atoms with van der Waals surface area (Å²) in [6.07, 6.45) is 0. The number of piperazine rings is 1. The van der Waals surface area contributed by atoms with E-state index in [-0.39, 0.29) is 12.1 Å². The molecule has 2 unspecified atom stereocenters. The SMILES string of the molecule is COCCN1C(C)CN(S(=O)(=O)N(C)C)CC1C. The minimum atomic E-state index is -3.30. The van der Waals surface area contributed by atoms with Crippen LogP contribution in [0.15, 0.2) is 0 Å². The van der Waals surface area contributed by atoms with Gasteiger partial charge in [-0.2, -0.15) is 17.0 Å². The molecule has 0 saturated carbocycles. The predicted octanol–water partition coefficient (Wildman–Crippen LogP) is -0.166. The third-order valence-corrected chi connectivity index (χ3v) is 5.28. The Balaban J connectivity index is 2.73. The maximum atomic E-state index is 12.1. The molecule has 1 fully saturated rings. The topological polar surface area (TPSA) is 53.1 Å². The van der Waals surface area contributed by atoms with Crippen LogP contribution in [0.5, 0.6) is 0 Å². The molecule has 0 bridgehead atoms. The summed E-state index contributed by atoms with van der Waals surface area (Å²) in [6.45, 7) is 6.71. The van der Waals surface area contributed by atoms with Gasteiger partial charge in [0.05, 0.1) is 6.61 Å². The lowest BCUT2D eigenvalue weighted by Gasteiger charge is -2.44. The fourth-order valence-corrected chi connectivity index (χ4v) is 3.64. The lowest BCUT2D eigenvalue weighted by molar-refractivity contribution is 0.0481. The minimum Gasteiger partial charge on any atom is -0.383 e.